The van der Waals surface area contributed by atoms with Crippen molar-refractivity contribution in [3.8, 4) is 0 Å². The van der Waals surface area contributed by atoms with Gasteiger partial charge in [-0.2, -0.15) is 0 Å². The fraction of sp³-hybridized carbons (Fsp3) is 0.900. The Morgan fingerprint density at radius 1 is 1.46 bits per heavy atom. The van der Waals surface area contributed by atoms with Gasteiger partial charge in [-0.05, 0) is 25.7 Å². The highest BCUT2D eigenvalue weighted by atomic mass is 16.5. The van der Waals surface area contributed by atoms with Crippen LogP contribution in [0.4, 0.5) is 0 Å². The SMILES string of the molecule is CCOC(=O)C(C)(O)C(C)C(C)C. The zero-order valence-electron chi connectivity index (χ0n) is 9.13. The van der Waals surface area contributed by atoms with Crippen LogP contribution in [0.25, 0.3) is 0 Å². The number of hydrogen-bond donors (Lipinski definition) is 1. The molecule has 0 aromatic heterocycles. The molecule has 78 valence electrons. The maximum absolute atomic E-state index is 11.3. The van der Waals surface area contributed by atoms with Gasteiger partial charge in [0.05, 0.1) is 6.61 Å². The Labute approximate surface area is 80.1 Å². The first-order valence-corrected chi connectivity index (χ1v) is 4.73. The van der Waals surface area contributed by atoms with Gasteiger partial charge in [0.25, 0.3) is 0 Å². The molecule has 13 heavy (non-hydrogen) atoms. The molecule has 0 aliphatic carbocycles. The largest absolute Gasteiger partial charge is 0.464 e. The van der Waals surface area contributed by atoms with Crippen LogP contribution in [-0.2, 0) is 9.53 Å². The third kappa shape index (κ3) is 2.99. The van der Waals surface area contributed by atoms with Crippen LogP contribution in [-0.4, -0.2) is 23.3 Å². The van der Waals surface area contributed by atoms with E-state index in [4.69, 9.17) is 4.74 Å². The number of rotatable bonds is 4. The topological polar surface area (TPSA) is 46.5 Å². The molecule has 0 spiro atoms. The summed E-state index contributed by atoms with van der Waals surface area (Å²) >= 11 is 0. The van der Waals surface area contributed by atoms with E-state index < -0.39 is 11.6 Å². The predicted molar refractivity (Wildman–Crippen MR) is 51.3 cm³/mol. The lowest BCUT2D eigenvalue weighted by molar-refractivity contribution is -0.170. The Balaban J connectivity index is 4.45. The van der Waals surface area contributed by atoms with E-state index in [1.165, 1.54) is 6.92 Å². The average Bonchev–Trinajstić information content (AvgIpc) is 2.03. The van der Waals surface area contributed by atoms with Crippen molar-refractivity contribution in [3.05, 3.63) is 0 Å². The van der Waals surface area contributed by atoms with Crippen LogP contribution in [0.2, 0.25) is 0 Å². The molecule has 0 aromatic carbocycles. The molecule has 0 radical (unpaired) electrons. The lowest BCUT2D eigenvalue weighted by Crippen LogP contribution is -2.45. The van der Waals surface area contributed by atoms with E-state index in [9.17, 15) is 9.90 Å². The first kappa shape index (κ1) is 12.4. The van der Waals surface area contributed by atoms with Gasteiger partial charge in [-0.1, -0.05) is 20.8 Å². The molecule has 0 heterocycles. The monoisotopic (exact) mass is 188 g/mol. The highest BCUT2D eigenvalue weighted by Gasteiger charge is 2.39. The molecule has 1 N–H and O–H groups in total. The summed E-state index contributed by atoms with van der Waals surface area (Å²) in [5, 5.41) is 9.88. The average molecular weight is 188 g/mol. The maximum atomic E-state index is 11.3. The molecule has 0 amide bonds. The molecule has 3 heteroatoms. The normalized spacial score (nSPS) is 18.1. The second kappa shape index (κ2) is 4.61. The second-order valence-electron chi connectivity index (χ2n) is 3.90. The van der Waals surface area contributed by atoms with Gasteiger partial charge in [0.15, 0.2) is 5.60 Å². The zero-order valence-corrected chi connectivity index (χ0v) is 9.13. The number of carbonyl (C=O) groups excluding carboxylic acids is 1. The molecule has 2 atom stereocenters. The van der Waals surface area contributed by atoms with E-state index >= 15 is 0 Å². The molecule has 0 fully saturated rings. The van der Waals surface area contributed by atoms with Crippen molar-refractivity contribution in [2.24, 2.45) is 11.8 Å². The van der Waals surface area contributed by atoms with Crippen molar-refractivity contribution in [1.82, 2.24) is 0 Å². The van der Waals surface area contributed by atoms with Crippen LogP contribution in [0.5, 0.6) is 0 Å². The van der Waals surface area contributed by atoms with Crippen molar-refractivity contribution in [3.63, 3.8) is 0 Å². The minimum Gasteiger partial charge on any atom is -0.464 e. The van der Waals surface area contributed by atoms with Gasteiger partial charge in [-0.25, -0.2) is 4.79 Å². The first-order valence-electron chi connectivity index (χ1n) is 4.73. The molecule has 0 aromatic rings. The second-order valence-corrected chi connectivity index (χ2v) is 3.90. The van der Waals surface area contributed by atoms with Gasteiger partial charge in [-0.3, -0.25) is 0 Å². The van der Waals surface area contributed by atoms with Crippen molar-refractivity contribution >= 4 is 5.97 Å². The number of aliphatic hydroxyl groups is 1. The van der Waals surface area contributed by atoms with Crippen LogP contribution < -0.4 is 0 Å². The Morgan fingerprint density at radius 3 is 2.23 bits per heavy atom. The molecule has 2 unspecified atom stereocenters. The molecule has 0 saturated heterocycles. The fourth-order valence-electron chi connectivity index (χ4n) is 1.11. The molecule has 3 nitrogen and oxygen atoms in total. The van der Waals surface area contributed by atoms with E-state index in [-0.39, 0.29) is 11.8 Å². The molecule has 0 aliphatic heterocycles. The van der Waals surface area contributed by atoms with Gasteiger partial charge < -0.3 is 9.84 Å². The van der Waals surface area contributed by atoms with Crippen LogP contribution >= 0.6 is 0 Å². The summed E-state index contributed by atoms with van der Waals surface area (Å²) in [7, 11) is 0. The first-order chi connectivity index (χ1) is 5.84. The van der Waals surface area contributed by atoms with Crippen LogP contribution in [0.3, 0.4) is 0 Å². The molecule has 0 rings (SSSR count). The van der Waals surface area contributed by atoms with E-state index in [1.807, 2.05) is 20.8 Å². The van der Waals surface area contributed by atoms with E-state index in [0.717, 1.165) is 0 Å². The van der Waals surface area contributed by atoms with Crippen molar-refractivity contribution in [2.75, 3.05) is 6.61 Å². The van der Waals surface area contributed by atoms with Crippen molar-refractivity contribution in [2.45, 2.75) is 40.2 Å². The van der Waals surface area contributed by atoms with Crippen LogP contribution in [0.1, 0.15) is 34.6 Å². The maximum Gasteiger partial charge on any atom is 0.338 e. The minimum absolute atomic E-state index is 0.105. The fourth-order valence-corrected chi connectivity index (χ4v) is 1.11. The van der Waals surface area contributed by atoms with Gasteiger partial charge in [0.2, 0.25) is 0 Å². The summed E-state index contributed by atoms with van der Waals surface area (Å²) in [5.74, 6) is -0.387. The van der Waals surface area contributed by atoms with E-state index in [1.54, 1.807) is 6.92 Å². The molecular formula is C10H20O3. The van der Waals surface area contributed by atoms with E-state index in [0.29, 0.717) is 6.61 Å². The Hall–Kier alpha value is -0.570. The van der Waals surface area contributed by atoms with Gasteiger partial charge in [0.1, 0.15) is 0 Å². The Kier molecular flexibility index (Phi) is 4.40. The Bertz CT molecular complexity index is 173. The van der Waals surface area contributed by atoms with Crippen molar-refractivity contribution in [1.29, 1.82) is 0 Å². The summed E-state index contributed by atoms with van der Waals surface area (Å²) in [4.78, 5) is 11.3. The minimum atomic E-state index is -1.37. The summed E-state index contributed by atoms with van der Waals surface area (Å²) in [6.45, 7) is 9.34. The predicted octanol–water partition coefficient (Wildman–Crippen LogP) is 1.59. The van der Waals surface area contributed by atoms with Crippen LogP contribution in [0.15, 0.2) is 0 Å². The van der Waals surface area contributed by atoms with Crippen molar-refractivity contribution < 1.29 is 14.6 Å². The number of ether oxygens (including phenoxy) is 1. The third-order valence-electron chi connectivity index (χ3n) is 2.58. The van der Waals surface area contributed by atoms with E-state index in [2.05, 4.69) is 0 Å². The van der Waals surface area contributed by atoms with Gasteiger partial charge >= 0.3 is 5.97 Å². The lowest BCUT2D eigenvalue weighted by Gasteiger charge is -2.30. The number of carbonyl (C=O) groups is 1. The molecule has 0 saturated carbocycles. The Morgan fingerprint density at radius 2 is 1.92 bits per heavy atom. The number of hydrogen-bond acceptors (Lipinski definition) is 3. The van der Waals surface area contributed by atoms with Gasteiger partial charge in [0, 0.05) is 0 Å². The highest BCUT2D eigenvalue weighted by Crippen LogP contribution is 2.25. The smallest absolute Gasteiger partial charge is 0.338 e. The summed E-state index contributed by atoms with van der Waals surface area (Å²) in [5.41, 5.74) is -1.37. The third-order valence-corrected chi connectivity index (χ3v) is 2.58. The summed E-state index contributed by atoms with van der Waals surface area (Å²) < 4.78 is 4.79. The molecular weight excluding hydrogens is 168 g/mol. The number of esters is 1. The highest BCUT2D eigenvalue weighted by molar-refractivity contribution is 5.79. The van der Waals surface area contributed by atoms with Crippen LogP contribution in [0, 0.1) is 11.8 Å². The standard InChI is InChI=1S/C10H20O3/c1-6-13-9(11)10(5,12)8(4)7(2)3/h7-8,12H,6H2,1-5H3. The quantitative estimate of drug-likeness (QED) is 0.681. The van der Waals surface area contributed by atoms with Gasteiger partial charge in [-0.15, -0.1) is 0 Å². The summed E-state index contributed by atoms with van der Waals surface area (Å²) in [6, 6.07) is 0. The zero-order chi connectivity index (χ0) is 10.6. The molecule has 0 bridgehead atoms. The lowest BCUT2D eigenvalue weighted by atomic mass is 9.82. The summed E-state index contributed by atoms with van der Waals surface area (Å²) in [6.07, 6.45) is 0. The molecule has 0 aliphatic rings.